The van der Waals surface area contributed by atoms with Crippen LogP contribution in [0.5, 0.6) is 0 Å². The third kappa shape index (κ3) is 3.67. The Kier molecular flexibility index (Phi) is 4.24. The van der Waals surface area contributed by atoms with Crippen molar-refractivity contribution in [2.75, 3.05) is 0 Å². The van der Waals surface area contributed by atoms with E-state index in [1.54, 1.807) is 0 Å². The lowest BCUT2D eigenvalue weighted by Crippen LogP contribution is -2.29. The van der Waals surface area contributed by atoms with E-state index < -0.39 is 0 Å². The molecule has 0 bridgehead atoms. The third-order valence-electron chi connectivity index (χ3n) is 3.41. The first-order chi connectivity index (χ1) is 9.37. The van der Waals surface area contributed by atoms with Gasteiger partial charge in [-0.05, 0) is 22.6 Å². The molecule has 0 aliphatic heterocycles. The normalized spacial score (nSPS) is 13.4. The van der Waals surface area contributed by atoms with Crippen molar-refractivity contribution in [1.82, 2.24) is 0 Å². The molecule has 2 rings (SSSR count). The Morgan fingerprint density at radius 1 is 1.10 bits per heavy atom. The number of hydrogen-bond donors (Lipinski definition) is 1. The van der Waals surface area contributed by atoms with Gasteiger partial charge in [-0.2, -0.15) is 0 Å². The van der Waals surface area contributed by atoms with E-state index in [-0.39, 0.29) is 17.2 Å². The quantitative estimate of drug-likeness (QED) is 0.846. The van der Waals surface area contributed by atoms with Gasteiger partial charge in [0, 0.05) is 18.0 Å². The second-order valence-corrected chi connectivity index (χ2v) is 6.68. The number of carbonyl (C=O) groups excluding carboxylic acids is 1. The van der Waals surface area contributed by atoms with Crippen molar-refractivity contribution in [3.05, 3.63) is 48.0 Å². The summed E-state index contributed by atoms with van der Waals surface area (Å²) in [6.45, 7) is 6.44. The standard InChI is InChI=1S/C18H23NO/c1-18(2,3)12-14(19)11-17(20)16-10-6-8-13-7-4-5-9-15(13)16/h4-10,14H,11-12,19H2,1-3H3. The number of carbonyl (C=O) groups is 1. The van der Waals surface area contributed by atoms with Crippen LogP contribution in [0.3, 0.4) is 0 Å². The Morgan fingerprint density at radius 2 is 1.75 bits per heavy atom. The first-order valence-corrected chi connectivity index (χ1v) is 7.13. The van der Waals surface area contributed by atoms with E-state index >= 15 is 0 Å². The molecule has 0 aliphatic carbocycles. The Balaban J connectivity index is 2.20. The average molecular weight is 269 g/mol. The molecule has 2 aromatic carbocycles. The van der Waals surface area contributed by atoms with Gasteiger partial charge in [0.2, 0.25) is 0 Å². The third-order valence-corrected chi connectivity index (χ3v) is 3.41. The SMILES string of the molecule is CC(C)(C)CC(N)CC(=O)c1cccc2ccccc12. The maximum atomic E-state index is 12.5. The van der Waals surface area contributed by atoms with Gasteiger partial charge in [-0.25, -0.2) is 0 Å². The largest absolute Gasteiger partial charge is 0.327 e. The molecule has 0 aromatic heterocycles. The number of benzene rings is 2. The van der Waals surface area contributed by atoms with Gasteiger partial charge < -0.3 is 5.73 Å². The Hall–Kier alpha value is -1.67. The molecule has 2 aromatic rings. The van der Waals surface area contributed by atoms with Crippen LogP contribution in [-0.4, -0.2) is 11.8 Å². The molecule has 1 unspecified atom stereocenters. The van der Waals surface area contributed by atoms with Crippen molar-refractivity contribution < 1.29 is 4.79 Å². The molecule has 2 heteroatoms. The van der Waals surface area contributed by atoms with E-state index in [1.807, 2.05) is 42.5 Å². The molecule has 0 saturated heterocycles. The molecule has 0 spiro atoms. The van der Waals surface area contributed by atoms with Crippen molar-refractivity contribution in [1.29, 1.82) is 0 Å². The second-order valence-electron chi connectivity index (χ2n) is 6.68. The van der Waals surface area contributed by atoms with Gasteiger partial charge in [0.25, 0.3) is 0 Å². The maximum absolute atomic E-state index is 12.5. The molecule has 2 nitrogen and oxygen atoms in total. The molecule has 0 saturated carbocycles. The van der Waals surface area contributed by atoms with E-state index in [2.05, 4.69) is 20.8 Å². The topological polar surface area (TPSA) is 43.1 Å². The van der Waals surface area contributed by atoms with E-state index in [0.717, 1.165) is 22.8 Å². The summed E-state index contributed by atoms with van der Waals surface area (Å²) in [6.07, 6.45) is 1.26. The first-order valence-electron chi connectivity index (χ1n) is 7.13. The minimum absolute atomic E-state index is 0.0820. The lowest BCUT2D eigenvalue weighted by molar-refractivity contribution is 0.0970. The fourth-order valence-corrected chi connectivity index (χ4v) is 2.68. The predicted molar refractivity (Wildman–Crippen MR) is 84.9 cm³/mol. The number of Topliss-reactive ketones (excluding diaryl/α,β-unsaturated/α-hetero) is 1. The van der Waals surface area contributed by atoms with Gasteiger partial charge in [0.15, 0.2) is 5.78 Å². The van der Waals surface area contributed by atoms with Gasteiger partial charge in [0.05, 0.1) is 0 Å². The van der Waals surface area contributed by atoms with Crippen molar-refractivity contribution >= 4 is 16.6 Å². The number of nitrogens with two attached hydrogens (primary N) is 1. The number of rotatable bonds is 4. The van der Waals surface area contributed by atoms with Gasteiger partial charge in [-0.3, -0.25) is 4.79 Å². The van der Waals surface area contributed by atoms with Crippen molar-refractivity contribution in [3.8, 4) is 0 Å². The summed E-state index contributed by atoms with van der Waals surface area (Å²) >= 11 is 0. The molecule has 0 fully saturated rings. The maximum Gasteiger partial charge on any atom is 0.165 e. The molecule has 0 amide bonds. The van der Waals surface area contributed by atoms with Gasteiger partial charge in [-0.15, -0.1) is 0 Å². The second kappa shape index (κ2) is 5.76. The smallest absolute Gasteiger partial charge is 0.165 e. The monoisotopic (exact) mass is 269 g/mol. The minimum Gasteiger partial charge on any atom is -0.327 e. The van der Waals surface area contributed by atoms with Crippen LogP contribution in [-0.2, 0) is 0 Å². The summed E-state index contributed by atoms with van der Waals surface area (Å²) in [5.41, 5.74) is 7.06. The number of ketones is 1. The number of hydrogen-bond acceptors (Lipinski definition) is 2. The van der Waals surface area contributed by atoms with Crippen molar-refractivity contribution in [3.63, 3.8) is 0 Å². The summed E-state index contributed by atoms with van der Waals surface area (Å²) in [4.78, 5) is 12.5. The lowest BCUT2D eigenvalue weighted by Gasteiger charge is -2.22. The van der Waals surface area contributed by atoms with Crippen LogP contribution in [0.2, 0.25) is 0 Å². The lowest BCUT2D eigenvalue weighted by atomic mass is 9.86. The average Bonchev–Trinajstić information content (AvgIpc) is 2.35. The van der Waals surface area contributed by atoms with Crippen LogP contribution < -0.4 is 5.73 Å². The van der Waals surface area contributed by atoms with E-state index in [0.29, 0.717) is 6.42 Å². The summed E-state index contributed by atoms with van der Waals surface area (Å²) in [6, 6.07) is 13.8. The van der Waals surface area contributed by atoms with Crippen molar-refractivity contribution in [2.45, 2.75) is 39.7 Å². The molecular weight excluding hydrogens is 246 g/mol. The Morgan fingerprint density at radius 3 is 2.45 bits per heavy atom. The van der Waals surface area contributed by atoms with E-state index in [1.165, 1.54) is 0 Å². The van der Waals surface area contributed by atoms with Crippen LogP contribution in [0.25, 0.3) is 10.8 Å². The molecule has 106 valence electrons. The summed E-state index contributed by atoms with van der Waals surface area (Å²) in [7, 11) is 0. The van der Waals surface area contributed by atoms with Gasteiger partial charge in [-0.1, -0.05) is 63.2 Å². The summed E-state index contributed by atoms with van der Waals surface area (Å²) < 4.78 is 0. The Bertz CT molecular complexity index is 605. The fraction of sp³-hybridized carbons (Fsp3) is 0.389. The molecule has 0 aliphatic rings. The molecule has 1 atom stereocenters. The van der Waals surface area contributed by atoms with Crippen LogP contribution in [0.4, 0.5) is 0 Å². The van der Waals surface area contributed by atoms with Crippen LogP contribution in [0.1, 0.15) is 44.0 Å². The van der Waals surface area contributed by atoms with Crippen LogP contribution in [0.15, 0.2) is 42.5 Å². The number of fused-ring (bicyclic) bond motifs is 1. The highest BCUT2D eigenvalue weighted by Gasteiger charge is 2.19. The summed E-state index contributed by atoms with van der Waals surface area (Å²) in [5.74, 6) is 0.138. The minimum atomic E-state index is -0.0820. The van der Waals surface area contributed by atoms with Crippen LogP contribution >= 0.6 is 0 Å². The molecule has 0 radical (unpaired) electrons. The highest BCUT2D eigenvalue weighted by atomic mass is 16.1. The molecular formula is C18H23NO. The van der Waals surface area contributed by atoms with Crippen LogP contribution in [0, 0.1) is 5.41 Å². The highest BCUT2D eigenvalue weighted by molar-refractivity contribution is 6.08. The molecule has 0 heterocycles. The van der Waals surface area contributed by atoms with E-state index in [4.69, 9.17) is 5.73 Å². The highest BCUT2D eigenvalue weighted by Crippen LogP contribution is 2.24. The Labute approximate surface area is 121 Å². The predicted octanol–water partition coefficient (Wildman–Crippen LogP) is 4.18. The molecule has 2 N–H and O–H groups in total. The van der Waals surface area contributed by atoms with Gasteiger partial charge >= 0.3 is 0 Å². The molecule has 20 heavy (non-hydrogen) atoms. The van der Waals surface area contributed by atoms with E-state index in [9.17, 15) is 4.79 Å². The summed E-state index contributed by atoms with van der Waals surface area (Å²) in [5, 5.41) is 2.12. The fourth-order valence-electron chi connectivity index (χ4n) is 2.68. The first kappa shape index (κ1) is 14.7. The zero-order valence-electron chi connectivity index (χ0n) is 12.5. The van der Waals surface area contributed by atoms with Crippen molar-refractivity contribution in [2.24, 2.45) is 11.1 Å². The zero-order valence-corrected chi connectivity index (χ0v) is 12.5. The zero-order chi connectivity index (χ0) is 14.8. The van der Waals surface area contributed by atoms with Gasteiger partial charge in [0.1, 0.15) is 0 Å².